The minimum absolute atomic E-state index is 0.125. The second-order valence-electron chi connectivity index (χ2n) is 6.32. The Labute approximate surface area is 104 Å². The van der Waals surface area contributed by atoms with Gasteiger partial charge in [-0.25, -0.2) is 4.98 Å². The highest BCUT2D eigenvalue weighted by Crippen LogP contribution is 2.23. The fourth-order valence-electron chi connectivity index (χ4n) is 1.72. The normalized spacial score (nSPS) is 12.6. The van der Waals surface area contributed by atoms with Crippen molar-refractivity contribution >= 4 is 5.82 Å². The molecule has 0 unspecified atom stereocenters. The molecule has 3 heteroatoms. The quantitative estimate of drug-likeness (QED) is 0.876. The number of aromatic nitrogens is 1. The minimum atomic E-state index is -0.709. The van der Waals surface area contributed by atoms with E-state index in [0.29, 0.717) is 6.54 Å². The molecule has 1 heterocycles. The lowest BCUT2D eigenvalue weighted by molar-refractivity contribution is 0.0884. The van der Waals surface area contributed by atoms with Gasteiger partial charge in [0.2, 0.25) is 0 Å². The topological polar surface area (TPSA) is 36.4 Å². The Balaban J connectivity index is 2.81. The molecule has 1 rings (SSSR count). The summed E-state index contributed by atoms with van der Waals surface area (Å²) in [6, 6.07) is 4.11. The molecule has 1 aromatic rings. The van der Waals surface area contributed by atoms with Crippen LogP contribution in [0.1, 0.15) is 40.2 Å². The SMILES string of the molecule is CN(CC(C)(C)O)c1ccc(C(C)(C)C)cn1. The van der Waals surface area contributed by atoms with Gasteiger partial charge in [0.25, 0.3) is 0 Å². The van der Waals surface area contributed by atoms with E-state index in [-0.39, 0.29) is 5.41 Å². The first-order valence-corrected chi connectivity index (χ1v) is 6.00. The molecule has 0 bridgehead atoms. The zero-order chi connectivity index (χ0) is 13.3. The Morgan fingerprint density at radius 2 is 1.76 bits per heavy atom. The molecule has 17 heavy (non-hydrogen) atoms. The number of nitrogens with zero attached hydrogens (tertiary/aromatic N) is 2. The van der Waals surface area contributed by atoms with Crippen molar-refractivity contribution in [2.75, 3.05) is 18.5 Å². The van der Waals surface area contributed by atoms with Crippen LogP contribution in [-0.4, -0.2) is 29.3 Å². The van der Waals surface area contributed by atoms with Crippen LogP contribution >= 0.6 is 0 Å². The van der Waals surface area contributed by atoms with E-state index in [1.54, 1.807) is 13.8 Å². The number of pyridine rings is 1. The van der Waals surface area contributed by atoms with Crippen LogP contribution in [0.3, 0.4) is 0 Å². The summed E-state index contributed by atoms with van der Waals surface area (Å²) >= 11 is 0. The van der Waals surface area contributed by atoms with E-state index in [2.05, 4.69) is 31.8 Å². The molecule has 0 amide bonds. The predicted molar refractivity (Wildman–Crippen MR) is 72.5 cm³/mol. The van der Waals surface area contributed by atoms with Gasteiger partial charge in [0.15, 0.2) is 0 Å². The van der Waals surface area contributed by atoms with Crippen LogP contribution in [0.2, 0.25) is 0 Å². The summed E-state index contributed by atoms with van der Waals surface area (Å²) < 4.78 is 0. The van der Waals surface area contributed by atoms with Crippen molar-refractivity contribution < 1.29 is 5.11 Å². The highest BCUT2D eigenvalue weighted by molar-refractivity contribution is 5.39. The summed E-state index contributed by atoms with van der Waals surface area (Å²) in [5.74, 6) is 0.889. The van der Waals surface area contributed by atoms with Gasteiger partial charge < -0.3 is 10.0 Å². The lowest BCUT2D eigenvalue weighted by Gasteiger charge is -2.27. The van der Waals surface area contributed by atoms with Crippen LogP contribution in [-0.2, 0) is 5.41 Å². The van der Waals surface area contributed by atoms with E-state index in [1.165, 1.54) is 5.56 Å². The van der Waals surface area contributed by atoms with E-state index in [1.807, 2.05) is 24.2 Å². The fraction of sp³-hybridized carbons (Fsp3) is 0.643. The first kappa shape index (κ1) is 14.0. The maximum atomic E-state index is 9.76. The van der Waals surface area contributed by atoms with Crippen LogP contribution in [0.15, 0.2) is 18.3 Å². The van der Waals surface area contributed by atoms with Gasteiger partial charge in [-0.05, 0) is 30.9 Å². The zero-order valence-electron chi connectivity index (χ0n) is 11.8. The monoisotopic (exact) mass is 236 g/mol. The van der Waals surface area contributed by atoms with Crippen LogP contribution in [0.5, 0.6) is 0 Å². The van der Waals surface area contributed by atoms with Gasteiger partial charge in [0.05, 0.1) is 5.60 Å². The van der Waals surface area contributed by atoms with Gasteiger partial charge in [-0.15, -0.1) is 0 Å². The number of anilines is 1. The van der Waals surface area contributed by atoms with Crippen molar-refractivity contribution in [3.05, 3.63) is 23.9 Å². The molecule has 1 aromatic heterocycles. The zero-order valence-corrected chi connectivity index (χ0v) is 11.8. The predicted octanol–water partition coefficient (Wildman–Crippen LogP) is 2.59. The summed E-state index contributed by atoms with van der Waals surface area (Å²) in [6.07, 6.45) is 1.91. The third kappa shape index (κ3) is 4.35. The first-order chi connectivity index (χ1) is 7.59. The van der Waals surface area contributed by atoms with Crippen molar-refractivity contribution in [1.82, 2.24) is 4.98 Å². The molecule has 0 saturated heterocycles. The number of hydrogen-bond donors (Lipinski definition) is 1. The van der Waals surface area contributed by atoms with Crippen molar-refractivity contribution in [3.63, 3.8) is 0 Å². The average Bonchev–Trinajstić information content (AvgIpc) is 2.14. The molecule has 0 spiro atoms. The van der Waals surface area contributed by atoms with Crippen LogP contribution < -0.4 is 4.90 Å². The summed E-state index contributed by atoms with van der Waals surface area (Å²) in [5.41, 5.74) is 0.636. The van der Waals surface area contributed by atoms with E-state index in [4.69, 9.17) is 0 Å². The maximum Gasteiger partial charge on any atom is 0.128 e. The third-order valence-electron chi connectivity index (χ3n) is 2.63. The Kier molecular flexibility index (Phi) is 3.82. The van der Waals surface area contributed by atoms with Crippen LogP contribution in [0.4, 0.5) is 5.82 Å². The second kappa shape index (κ2) is 4.65. The summed E-state index contributed by atoms with van der Waals surface area (Å²) in [5, 5.41) is 9.76. The van der Waals surface area contributed by atoms with Crippen molar-refractivity contribution in [3.8, 4) is 0 Å². The molecule has 0 aliphatic heterocycles. The van der Waals surface area contributed by atoms with Gasteiger partial charge in [0, 0.05) is 19.8 Å². The van der Waals surface area contributed by atoms with Gasteiger partial charge in [-0.1, -0.05) is 26.8 Å². The highest BCUT2D eigenvalue weighted by atomic mass is 16.3. The Morgan fingerprint density at radius 1 is 1.18 bits per heavy atom. The largest absolute Gasteiger partial charge is 0.389 e. The average molecular weight is 236 g/mol. The Bertz CT molecular complexity index is 357. The molecule has 0 saturated carbocycles. The first-order valence-electron chi connectivity index (χ1n) is 6.00. The highest BCUT2D eigenvalue weighted by Gasteiger charge is 2.18. The molecule has 1 N–H and O–H groups in total. The second-order valence-corrected chi connectivity index (χ2v) is 6.32. The molecular weight excluding hydrogens is 212 g/mol. The smallest absolute Gasteiger partial charge is 0.128 e. The van der Waals surface area contributed by atoms with Crippen molar-refractivity contribution in [2.45, 2.75) is 45.6 Å². The van der Waals surface area contributed by atoms with Crippen molar-refractivity contribution in [2.24, 2.45) is 0 Å². The lowest BCUT2D eigenvalue weighted by Crippen LogP contribution is -2.36. The Hall–Kier alpha value is -1.09. The standard InChI is InChI=1S/C14H24N2O/c1-13(2,3)11-7-8-12(15-9-11)16(6)10-14(4,5)17/h7-9,17H,10H2,1-6H3. The molecule has 96 valence electrons. The number of likely N-dealkylation sites (N-methyl/N-ethyl adjacent to an activating group) is 1. The number of aliphatic hydroxyl groups is 1. The van der Waals surface area contributed by atoms with E-state index >= 15 is 0 Å². The number of rotatable bonds is 3. The number of hydrogen-bond acceptors (Lipinski definition) is 3. The molecule has 0 aromatic carbocycles. The molecule has 0 atom stereocenters. The van der Waals surface area contributed by atoms with E-state index in [0.717, 1.165) is 5.82 Å². The van der Waals surface area contributed by atoms with Gasteiger partial charge >= 0.3 is 0 Å². The van der Waals surface area contributed by atoms with Crippen molar-refractivity contribution in [1.29, 1.82) is 0 Å². The maximum absolute atomic E-state index is 9.76. The molecule has 0 aliphatic carbocycles. The van der Waals surface area contributed by atoms with Crippen LogP contribution in [0.25, 0.3) is 0 Å². The summed E-state index contributed by atoms with van der Waals surface area (Å²) in [6.45, 7) is 10.7. The fourth-order valence-corrected chi connectivity index (χ4v) is 1.72. The minimum Gasteiger partial charge on any atom is -0.389 e. The molecule has 3 nitrogen and oxygen atoms in total. The Morgan fingerprint density at radius 3 is 2.12 bits per heavy atom. The van der Waals surface area contributed by atoms with E-state index in [9.17, 15) is 5.11 Å². The molecule has 0 radical (unpaired) electrons. The van der Waals surface area contributed by atoms with Gasteiger partial charge in [-0.2, -0.15) is 0 Å². The van der Waals surface area contributed by atoms with Gasteiger partial charge in [0.1, 0.15) is 5.82 Å². The third-order valence-corrected chi connectivity index (χ3v) is 2.63. The molecular formula is C14H24N2O. The van der Waals surface area contributed by atoms with E-state index < -0.39 is 5.60 Å². The van der Waals surface area contributed by atoms with Gasteiger partial charge in [-0.3, -0.25) is 0 Å². The van der Waals surface area contributed by atoms with Crippen LogP contribution in [0, 0.1) is 0 Å². The summed E-state index contributed by atoms with van der Waals surface area (Å²) in [4.78, 5) is 6.41. The summed E-state index contributed by atoms with van der Waals surface area (Å²) in [7, 11) is 1.94. The molecule has 0 fully saturated rings. The molecule has 0 aliphatic rings. The lowest BCUT2D eigenvalue weighted by atomic mass is 9.88.